The number of hydrogen-bond donors (Lipinski definition) is 1. The zero-order chi connectivity index (χ0) is 27.3. The number of carbonyl (C=O) groups excluding carboxylic acids is 2. The van der Waals surface area contributed by atoms with Gasteiger partial charge in [-0.25, -0.2) is 0 Å². The Hall–Kier alpha value is -1.88. The van der Waals surface area contributed by atoms with Gasteiger partial charge in [0.05, 0.1) is 13.2 Å². The number of aryl methyl sites for hydroxylation is 2. The van der Waals surface area contributed by atoms with Crippen LogP contribution in [0.1, 0.15) is 128 Å². The van der Waals surface area contributed by atoms with Crippen molar-refractivity contribution < 1.29 is 14.3 Å². The van der Waals surface area contributed by atoms with E-state index in [0.717, 1.165) is 49.2 Å². The number of nitrogens with one attached hydrogen (secondary N) is 1. The second-order valence-electron chi connectivity index (χ2n) is 10.7. The van der Waals surface area contributed by atoms with Gasteiger partial charge in [-0.2, -0.15) is 0 Å². The van der Waals surface area contributed by atoms with E-state index >= 15 is 0 Å². The van der Waals surface area contributed by atoms with Crippen LogP contribution in [-0.2, 0) is 14.3 Å². The third kappa shape index (κ3) is 14.6. The predicted octanol–water partition coefficient (Wildman–Crippen LogP) is 8.37. The van der Waals surface area contributed by atoms with E-state index in [1.54, 1.807) is 0 Å². The van der Waals surface area contributed by atoms with Crippen molar-refractivity contribution in [3.8, 4) is 0 Å². The van der Waals surface area contributed by atoms with Gasteiger partial charge in [-0.1, -0.05) is 103 Å². The Bertz CT molecular complexity index is 729. The lowest BCUT2D eigenvalue weighted by Crippen LogP contribution is -2.47. The highest BCUT2D eigenvalue weighted by atomic mass is 16.5. The fourth-order valence-corrected chi connectivity index (χ4v) is 4.99. The monoisotopic (exact) mass is 516 g/mol. The number of likely N-dealkylation sites (tertiary alicyclic amines) is 1. The molecule has 0 radical (unpaired) electrons. The first-order valence-electron chi connectivity index (χ1n) is 15.1. The number of unbranched alkanes of at least 4 members (excludes halogenated alkanes) is 10. The molecule has 1 N–H and O–H groups in total. The number of para-hydroxylation sites is 1. The van der Waals surface area contributed by atoms with E-state index in [1.165, 1.54) is 84.2 Å². The normalized spacial score (nSPS) is 15.5. The van der Waals surface area contributed by atoms with E-state index < -0.39 is 0 Å². The smallest absolute Gasteiger partial charge is 0.305 e. The average molecular weight is 517 g/mol. The largest absolute Gasteiger partial charge is 0.469 e. The van der Waals surface area contributed by atoms with Gasteiger partial charge in [0.1, 0.15) is 0 Å². The highest BCUT2D eigenvalue weighted by Crippen LogP contribution is 2.23. The number of rotatable bonds is 16. The van der Waals surface area contributed by atoms with E-state index in [1.807, 2.05) is 6.07 Å². The van der Waals surface area contributed by atoms with Crippen molar-refractivity contribution in [1.82, 2.24) is 4.90 Å². The van der Waals surface area contributed by atoms with Gasteiger partial charge in [-0.3, -0.25) is 14.5 Å². The fourth-order valence-electron chi connectivity index (χ4n) is 4.99. The van der Waals surface area contributed by atoms with E-state index in [-0.39, 0.29) is 17.9 Å². The minimum absolute atomic E-state index is 0.0457. The van der Waals surface area contributed by atoms with Crippen molar-refractivity contribution in [3.63, 3.8) is 0 Å². The number of ether oxygens (including phenoxy) is 1. The van der Waals surface area contributed by atoms with Crippen molar-refractivity contribution in [2.45, 2.75) is 136 Å². The number of methoxy groups -OCH3 is 1. The predicted molar refractivity (Wildman–Crippen MR) is 157 cm³/mol. The van der Waals surface area contributed by atoms with Crippen LogP contribution >= 0.6 is 0 Å². The number of anilines is 1. The number of hydrogen-bond acceptors (Lipinski definition) is 4. The summed E-state index contributed by atoms with van der Waals surface area (Å²) < 4.78 is 4.59. The summed E-state index contributed by atoms with van der Waals surface area (Å²) in [6, 6.07) is 6.19. The Morgan fingerprint density at radius 1 is 0.865 bits per heavy atom. The topological polar surface area (TPSA) is 58.6 Å². The van der Waals surface area contributed by atoms with E-state index in [0.29, 0.717) is 6.42 Å². The highest BCUT2D eigenvalue weighted by molar-refractivity contribution is 5.96. The van der Waals surface area contributed by atoms with Crippen LogP contribution in [0.2, 0.25) is 0 Å². The Balaban J connectivity index is 0.000000387. The summed E-state index contributed by atoms with van der Waals surface area (Å²) in [6.07, 6.45) is 19.3. The number of benzene rings is 1. The third-order valence-electron chi connectivity index (χ3n) is 7.41. The molecule has 1 amide bonds. The van der Waals surface area contributed by atoms with E-state index in [4.69, 9.17) is 0 Å². The van der Waals surface area contributed by atoms with Gasteiger partial charge in [0.15, 0.2) is 0 Å². The first-order valence-corrected chi connectivity index (χ1v) is 15.1. The molecule has 1 fully saturated rings. The lowest BCUT2D eigenvalue weighted by atomic mass is 10.00. The Kier molecular flexibility index (Phi) is 18.9. The zero-order valence-electron chi connectivity index (χ0n) is 24.7. The van der Waals surface area contributed by atoms with Crippen molar-refractivity contribution >= 4 is 17.6 Å². The highest BCUT2D eigenvalue weighted by Gasteiger charge is 2.28. The summed E-state index contributed by atoms with van der Waals surface area (Å²) in [5.74, 6) is 0.0998. The molecule has 0 aromatic heterocycles. The maximum absolute atomic E-state index is 12.7. The minimum Gasteiger partial charge on any atom is -0.469 e. The van der Waals surface area contributed by atoms with Crippen molar-refractivity contribution in [2.24, 2.45) is 0 Å². The van der Waals surface area contributed by atoms with Gasteiger partial charge in [-0.05, 0) is 63.7 Å². The molecule has 0 bridgehead atoms. The summed E-state index contributed by atoms with van der Waals surface area (Å²) in [5, 5.41) is 3.17. The number of piperidine rings is 1. The number of amides is 1. The summed E-state index contributed by atoms with van der Waals surface area (Å²) in [4.78, 5) is 25.9. The molecule has 1 heterocycles. The molecule has 1 aliphatic heterocycles. The molecule has 1 saturated heterocycles. The number of esters is 1. The van der Waals surface area contributed by atoms with Crippen LogP contribution in [0.15, 0.2) is 18.2 Å². The maximum Gasteiger partial charge on any atom is 0.305 e. The first-order chi connectivity index (χ1) is 17.9. The maximum atomic E-state index is 12.7. The van der Waals surface area contributed by atoms with Crippen molar-refractivity contribution in [2.75, 3.05) is 25.5 Å². The van der Waals surface area contributed by atoms with Gasteiger partial charge in [-0.15, -0.1) is 0 Å². The molecular weight excluding hydrogens is 460 g/mol. The second-order valence-corrected chi connectivity index (χ2v) is 10.7. The van der Waals surface area contributed by atoms with Crippen LogP contribution in [-0.4, -0.2) is 43.0 Å². The third-order valence-corrected chi connectivity index (χ3v) is 7.41. The molecule has 0 aliphatic carbocycles. The summed E-state index contributed by atoms with van der Waals surface area (Å²) in [5.41, 5.74) is 3.27. The number of carbonyl (C=O) groups is 2. The minimum atomic E-state index is -0.0698. The Morgan fingerprint density at radius 2 is 1.43 bits per heavy atom. The second kappa shape index (κ2) is 21.1. The average Bonchev–Trinajstić information content (AvgIpc) is 2.91. The summed E-state index contributed by atoms with van der Waals surface area (Å²) >= 11 is 0. The summed E-state index contributed by atoms with van der Waals surface area (Å²) in [6.45, 7) is 10.7. The lowest BCUT2D eigenvalue weighted by Gasteiger charge is -2.34. The van der Waals surface area contributed by atoms with Gasteiger partial charge in [0.2, 0.25) is 5.91 Å². The van der Waals surface area contributed by atoms with Gasteiger partial charge in [0, 0.05) is 12.1 Å². The van der Waals surface area contributed by atoms with Gasteiger partial charge in [0.25, 0.3) is 0 Å². The SMILES string of the molecule is CCCCCCCCCCCCC(=O)OC.CCCCN1CCCCC1C(=O)Nc1c(C)cccc1C. The van der Waals surface area contributed by atoms with E-state index in [2.05, 4.69) is 54.8 Å². The zero-order valence-corrected chi connectivity index (χ0v) is 24.7. The van der Waals surface area contributed by atoms with Crippen LogP contribution in [0.25, 0.3) is 0 Å². The standard InChI is InChI=1S/C18H28N2O.C14H28O2/c1-4-5-12-20-13-7-6-11-16(20)18(21)19-17-14(2)9-8-10-15(17)3;1-3-4-5-6-7-8-9-10-11-12-13-14(15)16-2/h8-10,16H,4-7,11-13H2,1-3H3,(H,19,21);3-13H2,1-2H3. The molecule has 1 atom stereocenters. The van der Waals surface area contributed by atoms with Crippen molar-refractivity contribution in [1.29, 1.82) is 0 Å². The molecule has 1 aromatic rings. The molecule has 2 rings (SSSR count). The Morgan fingerprint density at radius 3 is 2.00 bits per heavy atom. The molecular formula is C32H56N2O3. The molecule has 0 saturated carbocycles. The van der Waals surface area contributed by atoms with E-state index in [9.17, 15) is 9.59 Å². The van der Waals surface area contributed by atoms with Gasteiger partial charge >= 0.3 is 5.97 Å². The molecule has 1 unspecified atom stereocenters. The first kappa shape index (κ1) is 33.1. The van der Waals surface area contributed by atoms with Gasteiger partial charge < -0.3 is 10.1 Å². The molecule has 37 heavy (non-hydrogen) atoms. The molecule has 212 valence electrons. The molecule has 1 aliphatic rings. The molecule has 5 heteroatoms. The van der Waals surface area contributed by atoms with Crippen LogP contribution in [0.3, 0.4) is 0 Å². The lowest BCUT2D eigenvalue weighted by molar-refractivity contribution is -0.140. The van der Waals surface area contributed by atoms with Crippen molar-refractivity contribution in [3.05, 3.63) is 29.3 Å². The quantitative estimate of drug-likeness (QED) is 0.177. The van der Waals surface area contributed by atoms with Crippen LogP contribution < -0.4 is 5.32 Å². The fraction of sp³-hybridized carbons (Fsp3) is 0.750. The van der Waals surface area contributed by atoms with Crippen LogP contribution in [0, 0.1) is 13.8 Å². The molecule has 1 aromatic carbocycles. The van der Waals surface area contributed by atoms with Crippen LogP contribution in [0.5, 0.6) is 0 Å². The molecule has 0 spiro atoms. The van der Waals surface area contributed by atoms with Crippen LogP contribution in [0.4, 0.5) is 5.69 Å². The Labute approximate surface area is 228 Å². The summed E-state index contributed by atoms with van der Waals surface area (Å²) in [7, 11) is 1.46. The molecule has 5 nitrogen and oxygen atoms in total. The number of nitrogens with zero attached hydrogens (tertiary/aromatic N) is 1.